The fraction of sp³-hybridized carbons (Fsp3) is 0.348. The van der Waals surface area contributed by atoms with Gasteiger partial charge in [-0.2, -0.15) is 0 Å². The zero-order chi connectivity index (χ0) is 20.0. The molecule has 1 aliphatic rings. The van der Waals surface area contributed by atoms with Crippen molar-refractivity contribution in [2.45, 2.75) is 38.0 Å². The quantitative estimate of drug-likeness (QED) is 0.804. The van der Waals surface area contributed by atoms with Crippen LogP contribution in [-0.4, -0.2) is 40.0 Å². The Labute approximate surface area is 165 Å². The zero-order valence-corrected chi connectivity index (χ0v) is 16.0. The second-order valence-electron chi connectivity index (χ2n) is 7.11. The molecule has 5 heteroatoms. The summed E-state index contributed by atoms with van der Waals surface area (Å²) in [5, 5.41) is 19.8. The largest absolute Gasteiger partial charge is 0.445 e. The van der Waals surface area contributed by atoms with Gasteiger partial charge >= 0.3 is 6.09 Å². The predicted octanol–water partition coefficient (Wildman–Crippen LogP) is 3.20. The number of rotatable bonds is 3. The summed E-state index contributed by atoms with van der Waals surface area (Å²) in [5.41, 5.74) is 1.72. The van der Waals surface area contributed by atoms with Crippen LogP contribution in [0.1, 0.15) is 35.6 Å². The third kappa shape index (κ3) is 4.92. The number of carbonyl (C=O) groups excluding carboxylic acids is 1. The zero-order valence-electron chi connectivity index (χ0n) is 16.0. The number of nitrogens with zero attached hydrogens (tertiary/aromatic N) is 1. The van der Waals surface area contributed by atoms with E-state index in [1.165, 1.54) is 0 Å². The third-order valence-electron chi connectivity index (χ3n) is 4.98. The Morgan fingerprint density at radius 1 is 1.21 bits per heavy atom. The molecule has 0 aromatic heterocycles. The number of ether oxygens (including phenoxy) is 1. The standard InChI is InChI=1S/C23H25NO4/c1-18-8-10-20(11-9-18)21-16-23(27,12-5-15-25)13-14-24(21)22(26)28-17-19-6-3-2-4-7-19/h2-4,6-11,21,25,27H,13-17H2,1H3/t21-,23-/m0/s1. The number of hydrogen-bond acceptors (Lipinski definition) is 4. The van der Waals surface area contributed by atoms with Crippen LogP contribution in [0, 0.1) is 18.8 Å². The van der Waals surface area contributed by atoms with E-state index >= 15 is 0 Å². The second kappa shape index (κ2) is 8.92. The van der Waals surface area contributed by atoms with Crippen LogP contribution in [0.25, 0.3) is 0 Å². The van der Waals surface area contributed by atoms with Gasteiger partial charge in [-0.15, -0.1) is 0 Å². The summed E-state index contributed by atoms with van der Waals surface area (Å²) in [6.07, 6.45) is 0.165. The van der Waals surface area contributed by atoms with Crippen molar-refractivity contribution in [3.05, 3.63) is 71.3 Å². The summed E-state index contributed by atoms with van der Waals surface area (Å²) >= 11 is 0. The van der Waals surface area contributed by atoms with Gasteiger partial charge < -0.3 is 19.8 Å². The van der Waals surface area contributed by atoms with Crippen molar-refractivity contribution in [2.24, 2.45) is 0 Å². The number of benzene rings is 2. The number of aliphatic hydroxyl groups is 2. The molecule has 0 bridgehead atoms. The predicted molar refractivity (Wildman–Crippen MR) is 106 cm³/mol. The van der Waals surface area contributed by atoms with Gasteiger partial charge in [0.2, 0.25) is 0 Å². The lowest BCUT2D eigenvalue weighted by molar-refractivity contribution is -0.00876. The lowest BCUT2D eigenvalue weighted by Gasteiger charge is -2.41. The Bertz CT molecular complexity index is 854. The van der Waals surface area contributed by atoms with Crippen molar-refractivity contribution in [1.29, 1.82) is 0 Å². The van der Waals surface area contributed by atoms with E-state index in [0.29, 0.717) is 13.0 Å². The van der Waals surface area contributed by atoms with Crippen molar-refractivity contribution >= 4 is 6.09 Å². The molecule has 2 N–H and O–H groups in total. The van der Waals surface area contributed by atoms with Crippen LogP contribution in [0.2, 0.25) is 0 Å². The molecule has 28 heavy (non-hydrogen) atoms. The van der Waals surface area contributed by atoms with Gasteiger partial charge in [-0.05, 0) is 18.1 Å². The first kappa shape index (κ1) is 19.9. The highest BCUT2D eigenvalue weighted by atomic mass is 16.6. The highest BCUT2D eigenvalue weighted by molar-refractivity contribution is 5.68. The highest BCUT2D eigenvalue weighted by Crippen LogP contribution is 2.37. The van der Waals surface area contributed by atoms with E-state index in [9.17, 15) is 9.90 Å². The first-order valence-corrected chi connectivity index (χ1v) is 9.38. The molecule has 1 heterocycles. The molecule has 1 amide bonds. The Morgan fingerprint density at radius 3 is 2.61 bits per heavy atom. The van der Waals surface area contributed by atoms with Crippen LogP contribution >= 0.6 is 0 Å². The normalized spacial score (nSPS) is 21.5. The lowest BCUT2D eigenvalue weighted by Crippen LogP contribution is -2.48. The number of aryl methyl sites for hydroxylation is 1. The third-order valence-corrected chi connectivity index (χ3v) is 4.98. The number of piperidine rings is 1. The van der Waals surface area contributed by atoms with Gasteiger partial charge in [0.15, 0.2) is 0 Å². The Morgan fingerprint density at radius 2 is 1.93 bits per heavy atom. The smallest absolute Gasteiger partial charge is 0.410 e. The van der Waals surface area contributed by atoms with Crippen LogP contribution in [0.5, 0.6) is 0 Å². The van der Waals surface area contributed by atoms with Crippen LogP contribution in [0.4, 0.5) is 4.79 Å². The van der Waals surface area contributed by atoms with Gasteiger partial charge in [0.25, 0.3) is 0 Å². The van der Waals surface area contributed by atoms with Crippen molar-refractivity contribution < 1.29 is 19.7 Å². The fourth-order valence-electron chi connectivity index (χ4n) is 3.42. The van der Waals surface area contributed by atoms with E-state index in [0.717, 1.165) is 16.7 Å². The molecule has 0 aliphatic carbocycles. The summed E-state index contributed by atoms with van der Waals surface area (Å²) in [4.78, 5) is 14.4. The lowest BCUT2D eigenvalue weighted by atomic mass is 9.84. The second-order valence-corrected chi connectivity index (χ2v) is 7.11. The first-order chi connectivity index (χ1) is 13.5. The molecule has 5 nitrogen and oxygen atoms in total. The van der Waals surface area contributed by atoms with Crippen LogP contribution in [0.15, 0.2) is 54.6 Å². The molecule has 1 fully saturated rings. The molecule has 1 saturated heterocycles. The van der Waals surface area contributed by atoms with E-state index < -0.39 is 11.7 Å². The summed E-state index contributed by atoms with van der Waals surface area (Å²) in [6.45, 7) is 2.22. The highest BCUT2D eigenvalue weighted by Gasteiger charge is 2.40. The van der Waals surface area contributed by atoms with Gasteiger partial charge in [0, 0.05) is 19.4 Å². The molecule has 146 valence electrons. The fourth-order valence-corrected chi connectivity index (χ4v) is 3.42. The molecule has 2 aromatic rings. The van der Waals surface area contributed by atoms with E-state index in [1.807, 2.05) is 61.5 Å². The average Bonchev–Trinajstić information content (AvgIpc) is 2.72. The Balaban J connectivity index is 1.79. The van der Waals surface area contributed by atoms with Crippen LogP contribution < -0.4 is 0 Å². The maximum atomic E-state index is 12.8. The van der Waals surface area contributed by atoms with E-state index in [2.05, 4.69) is 11.8 Å². The number of hydrogen-bond donors (Lipinski definition) is 2. The summed E-state index contributed by atoms with van der Waals surface area (Å²) in [6, 6.07) is 17.1. The van der Waals surface area contributed by atoms with Crippen LogP contribution in [0.3, 0.4) is 0 Å². The molecule has 3 rings (SSSR count). The molecule has 2 aromatic carbocycles. The Hall–Kier alpha value is -2.81. The summed E-state index contributed by atoms with van der Waals surface area (Å²) in [5.74, 6) is 5.30. The minimum Gasteiger partial charge on any atom is -0.445 e. The molecular weight excluding hydrogens is 354 g/mol. The first-order valence-electron chi connectivity index (χ1n) is 9.38. The van der Waals surface area contributed by atoms with Gasteiger partial charge in [0.1, 0.15) is 18.8 Å². The SMILES string of the molecule is Cc1ccc([C@@H]2C[C@](O)(C#CCO)CCN2C(=O)OCc2ccccc2)cc1. The monoisotopic (exact) mass is 379 g/mol. The van der Waals surface area contributed by atoms with E-state index in [4.69, 9.17) is 9.84 Å². The van der Waals surface area contributed by atoms with Crippen molar-refractivity contribution in [1.82, 2.24) is 4.90 Å². The number of likely N-dealkylation sites (tertiary alicyclic amines) is 1. The number of aliphatic hydroxyl groups excluding tert-OH is 1. The number of amides is 1. The van der Waals surface area contributed by atoms with Crippen molar-refractivity contribution in [3.8, 4) is 11.8 Å². The summed E-state index contributed by atoms with van der Waals surface area (Å²) in [7, 11) is 0. The maximum absolute atomic E-state index is 12.8. The van der Waals surface area contributed by atoms with Gasteiger partial charge in [-0.1, -0.05) is 72.0 Å². The molecule has 0 radical (unpaired) electrons. The van der Waals surface area contributed by atoms with Gasteiger partial charge in [-0.3, -0.25) is 0 Å². The Kier molecular flexibility index (Phi) is 6.35. The average molecular weight is 379 g/mol. The number of carbonyl (C=O) groups is 1. The minimum atomic E-state index is -1.24. The topological polar surface area (TPSA) is 70.0 Å². The molecular formula is C23H25NO4. The van der Waals surface area contributed by atoms with Crippen molar-refractivity contribution in [2.75, 3.05) is 13.2 Å². The summed E-state index contributed by atoms with van der Waals surface area (Å²) < 4.78 is 5.52. The van der Waals surface area contributed by atoms with E-state index in [-0.39, 0.29) is 25.7 Å². The van der Waals surface area contributed by atoms with Gasteiger partial charge in [0.05, 0.1) is 6.04 Å². The van der Waals surface area contributed by atoms with E-state index in [1.54, 1.807) is 4.90 Å². The molecule has 0 saturated carbocycles. The maximum Gasteiger partial charge on any atom is 0.410 e. The van der Waals surface area contributed by atoms with Crippen LogP contribution in [-0.2, 0) is 11.3 Å². The molecule has 2 atom stereocenters. The molecule has 0 spiro atoms. The minimum absolute atomic E-state index is 0.200. The van der Waals surface area contributed by atoms with Crippen molar-refractivity contribution in [3.63, 3.8) is 0 Å². The molecule has 1 aliphatic heterocycles. The molecule has 0 unspecified atom stereocenters. The van der Waals surface area contributed by atoms with Gasteiger partial charge in [-0.25, -0.2) is 4.79 Å².